The van der Waals surface area contributed by atoms with Gasteiger partial charge in [0.1, 0.15) is 18.0 Å². The predicted octanol–water partition coefficient (Wildman–Crippen LogP) is 1.51. The number of nitrogens with zero attached hydrogens (tertiary/aromatic N) is 3. The van der Waals surface area contributed by atoms with Crippen molar-refractivity contribution in [2.45, 2.75) is 31.8 Å². The molecule has 0 spiro atoms. The fourth-order valence-electron chi connectivity index (χ4n) is 2.25. The Bertz CT molecular complexity index is 439. The number of aldehydes is 1. The van der Waals surface area contributed by atoms with Crippen LogP contribution in [0, 0.1) is 11.3 Å². The van der Waals surface area contributed by atoms with Crippen LogP contribution in [0.15, 0.2) is 18.3 Å². The average Bonchev–Trinajstić information content (AvgIpc) is 2.40. The number of hydrogen-bond acceptors (Lipinski definition) is 4. The summed E-state index contributed by atoms with van der Waals surface area (Å²) in [6.45, 7) is 1.56. The van der Waals surface area contributed by atoms with Gasteiger partial charge in [-0.05, 0) is 25.5 Å². The number of piperidine rings is 1. The summed E-state index contributed by atoms with van der Waals surface area (Å²) in [7, 11) is 0. The van der Waals surface area contributed by atoms with Gasteiger partial charge in [-0.3, -0.25) is 4.90 Å². The summed E-state index contributed by atoms with van der Waals surface area (Å²) in [5, 5.41) is 8.97. The molecule has 88 valence electrons. The number of aromatic nitrogens is 1. The molecular weight excluding hydrogens is 214 g/mol. The van der Waals surface area contributed by atoms with Crippen LogP contribution in [0.25, 0.3) is 0 Å². The first kappa shape index (κ1) is 11.7. The first-order valence-corrected chi connectivity index (χ1v) is 5.88. The van der Waals surface area contributed by atoms with E-state index in [1.54, 1.807) is 6.20 Å². The summed E-state index contributed by atoms with van der Waals surface area (Å²) in [4.78, 5) is 17.2. The van der Waals surface area contributed by atoms with Gasteiger partial charge in [0, 0.05) is 18.3 Å². The topological polar surface area (TPSA) is 57.0 Å². The normalized spacial score (nSPS) is 20.8. The van der Waals surface area contributed by atoms with Crippen molar-refractivity contribution in [3.8, 4) is 6.07 Å². The molecule has 2 rings (SSSR count). The third kappa shape index (κ3) is 2.69. The van der Waals surface area contributed by atoms with Crippen molar-refractivity contribution in [2.24, 2.45) is 0 Å². The van der Waals surface area contributed by atoms with Gasteiger partial charge < -0.3 is 4.79 Å². The monoisotopic (exact) mass is 229 g/mol. The van der Waals surface area contributed by atoms with Gasteiger partial charge in [-0.25, -0.2) is 4.98 Å². The van der Waals surface area contributed by atoms with E-state index in [2.05, 4.69) is 16.0 Å². The largest absolute Gasteiger partial charge is 0.302 e. The van der Waals surface area contributed by atoms with Gasteiger partial charge in [0.25, 0.3) is 0 Å². The summed E-state index contributed by atoms with van der Waals surface area (Å²) in [6, 6.07) is 5.82. The Morgan fingerprint density at radius 1 is 1.59 bits per heavy atom. The highest BCUT2D eigenvalue weighted by Gasteiger charge is 2.22. The highest BCUT2D eigenvalue weighted by Crippen LogP contribution is 2.19. The molecule has 1 aliphatic rings. The molecule has 1 aliphatic heterocycles. The number of carbonyl (C=O) groups excluding carboxylic acids is 1. The van der Waals surface area contributed by atoms with Crippen LogP contribution in [0.2, 0.25) is 0 Å². The van der Waals surface area contributed by atoms with Crippen LogP contribution >= 0.6 is 0 Å². The minimum absolute atomic E-state index is 0.00417. The number of likely N-dealkylation sites (tertiary alicyclic amines) is 1. The fraction of sp³-hybridized carbons (Fsp3) is 0.462. The molecule has 0 aromatic carbocycles. The van der Waals surface area contributed by atoms with E-state index in [1.165, 1.54) is 0 Å². The van der Waals surface area contributed by atoms with E-state index < -0.39 is 0 Å². The molecule has 1 unspecified atom stereocenters. The minimum atomic E-state index is -0.00417. The van der Waals surface area contributed by atoms with E-state index in [-0.39, 0.29) is 6.04 Å². The summed E-state index contributed by atoms with van der Waals surface area (Å²) >= 11 is 0. The van der Waals surface area contributed by atoms with Crippen molar-refractivity contribution in [1.82, 2.24) is 9.88 Å². The second-order valence-electron chi connectivity index (χ2n) is 4.29. The molecule has 17 heavy (non-hydrogen) atoms. The third-order valence-electron chi connectivity index (χ3n) is 3.19. The van der Waals surface area contributed by atoms with Gasteiger partial charge in [-0.1, -0.05) is 12.5 Å². The van der Waals surface area contributed by atoms with Gasteiger partial charge in [0.05, 0.1) is 6.04 Å². The van der Waals surface area contributed by atoms with Crippen LogP contribution in [-0.2, 0) is 11.3 Å². The Morgan fingerprint density at radius 2 is 2.47 bits per heavy atom. The number of nitriles is 1. The van der Waals surface area contributed by atoms with E-state index in [0.29, 0.717) is 12.2 Å². The van der Waals surface area contributed by atoms with Crippen molar-refractivity contribution in [3.63, 3.8) is 0 Å². The molecule has 0 saturated carbocycles. The van der Waals surface area contributed by atoms with E-state index in [4.69, 9.17) is 5.26 Å². The molecule has 1 aromatic rings. The fourth-order valence-corrected chi connectivity index (χ4v) is 2.25. The first-order valence-electron chi connectivity index (χ1n) is 5.88. The molecular formula is C13H15N3O. The van der Waals surface area contributed by atoms with Crippen LogP contribution in [0.1, 0.15) is 30.5 Å². The maximum Gasteiger partial charge on any atom is 0.144 e. The lowest BCUT2D eigenvalue weighted by atomic mass is 10.0. The Labute approximate surface area is 101 Å². The van der Waals surface area contributed by atoms with Crippen molar-refractivity contribution in [1.29, 1.82) is 5.26 Å². The van der Waals surface area contributed by atoms with Gasteiger partial charge in [0.15, 0.2) is 0 Å². The number of hydrogen-bond donors (Lipinski definition) is 0. The van der Waals surface area contributed by atoms with Crippen LogP contribution in [0.4, 0.5) is 0 Å². The quantitative estimate of drug-likeness (QED) is 0.737. The lowest BCUT2D eigenvalue weighted by molar-refractivity contribution is -0.113. The summed E-state index contributed by atoms with van der Waals surface area (Å²) in [6.07, 6.45) is 5.78. The zero-order chi connectivity index (χ0) is 12.1. The molecule has 1 atom stereocenters. The SMILES string of the molecule is N#Cc1ncccc1CN1CCCCC1C=O. The third-order valence-corrected chi connectivity index (χ3v) is 3.19. The van der Waals surface area contributed by atoms with Gasteiger partial charge in [0.2, 0.25) is 0 Å². The molecule has 1 aromatic heterocycles. The van der Waals surface area contributed by atoms with E-state index in [9.17, 15) is 4.79 Å². The smallest absolute Gasteiger partial charge is 0.144 e. The summed E-state index contributed by atoms with van der Waals surface area (Å²) in [5.41, 5.74) is 1.37. The highest BCUT2D eigenvalue weighted by molar-refractivity contribution is 5.57. The zero-order valence-corrected chi connectivity index (χ0v) is 9.67. The minimum Gasteiger partial charge on any atom is -0.302 e. The standard InChI is InChI=1S/C13H15N3O/c14-8-13-11(4-3-6-15-13)9-16-7-2-1-5-12(16)10-17/h3-4,6,10,12H,1-2,5,7,9H2. The second-order valence-corrected chi connectivity index (χ2v) is 4.29. The molecule has 0 bridgehead atoms. The average molecular weight is 229 g/mol. The predicted molar refractivity (Wildman–Crippen MR) is 63.1 cm³/mol. The summed E-state index contributed by atoms with van der Waals surface area (Å²) < 4.78 is 0. The number of carbonyl (C=O) groups is 1. The Kier molecular flexibility index (Phi) is 3.84. The Balaban J connectivity index is 2.14. The van der Waals surface area contributed by atoms with E-state index in [1.807, 2.05) is 12.1 Å². The van der Waals surface area contributed by atoms with Crippen LogP contribution in [-0.4, -0.2) is 28.8 Å². The molecule has 4 nitrogen and oxygen atoms in total. The van der Waals surface area contributed by atoms with Gasteiger partial charge in [-0.2, -0.15) is 5.26 Å². The Morgan fingerprint density at radius 3 is 3.24 bits per heavy atom. The highest BCUT2D eigenvalue weighted by atomic mass is 16.1. The van der Waals surface area contributed by atoms with Gasteiger partial charge in [-0.15, -0.1) is 0 Å². The molecule has 2 heterocycles. The van der Waals surface area contributed by atoms with E-state index >= 15 is 0 Å². The van der Waals surface area contributed by atoms with Crippen LogP contribution < -0.4 is 0 Å². The lowest BCUT2D eigenvalue weighted by Gasteiger charge is -2.32. The van der Waals surface area contributed by atoms with Crippen molar-refractivity contribution < 1.29 is 4.79 Å². The van der Waals surface area contributed by atoms with Crippen LogP contribution in [0.3, 0.4) is 0 Å². The van der Waals surface area contributed by atoms with Crippen LogP contribution in [0.5, 0.6) is 0 Å². The maximum absolute atomic E-state index is 11.0. The molecule has 4 heteroatoms. The molecule has 0 aliphatic carbocycles. The van der Waals surface area contributed by atoms with Crippen molar-refractivity contribution >= 4 is 6.29 Å². The summed E-state index contributed by atoms with van der Waals surface area (Å²) in [5.74, 6) is 0. The van der Waals surface area contributed by atoms with E-state index in [0.717, 1.165) is 37.7 Å². The molecule has 1 saturated heterocycles. The molecule has 0 radical (unpaired) electrons. The Hall–Kier alpha value is -1.73. The number of rotatable bonds is 3. The molecule has 1 fully saturated rings. The molecule has 0 amide bonds. The maximum atomic E-state index is 11.0. The second kappa shape index (κ2) is 5.55. The molecule has 0 N–H and O–H groups in total. The first-order chi connectivity index (χ1) is 8.35. The van der Waals surface area contributed by atoms with Crippen molar-refractivity contribution in [3.05, 3.63) is 29.6 Å². The van der Waals surface area contributed by atoms with Gasteiger partial charge >= 0.3 is 0 Å². The number of pyridine rings is 1. The lowest BCUT2D eigenvalue weighted by Crippen LogP contribution is -2.40. The van der Waals surface area contributed by atoms with Crippen molar-refractivity contribution in [2.75, 3.05) is 6.54 Å². The zero-order valence-electron chi connectivity index (χ0n) is 9.67.